The van der Waals surface area contributed by atoms with Gasteiger partial charge in [-0.05, 0) is 45.8 Å². The first kappa shape index (κ1) is 17.6. The highest BCUT2D eigenvalue weighted by atomic mass is 79.9. The number of hydrogen-bond donors (Lipinski definition) is 1. The van der Waals surface area contributed by atoms with Gasteiger partial charge in [0.1, 0.15) is 6.61 Å². The van der Waals surface area contributed by atoms with Crippen LogP contribution in [0.25, 0.3) is 0 Å². The largest absolute Gasteiger partial charge is 0.493 e. The highest BCUT2D eigenvalue weighted by molar-refractivity contribution is 9.10. The van der Waals surface area contributed by atoms with Crippen LogP contribution in [0.5, 0.6) is 11.5 Å². The van der Waals surface area contributed by atoms with E-state index < -0.39 is 0 Å². The molecule has 122 valence electrons. The number of hydrazone groups is 1. The second-order valence-corrected chi connectivity index (χ2v) is 5.45. The smallest absolute Gasteiger partial charge is 0.271 e. The van der Waals surface area contributed by atoms with E-state index in [1.54, 1.807) is 36.4 Å². The minimum atomic E-state index is -0.285. The summed E-state index contributed by atoms with van der Waals surface area (Å²) in [6.45, 7) is 0.134. The molecule has 0 heterocycles. The van der Waals surface area contributed by atoms with Crippen LogP contribution in [0.4, 0.5) is 0 Å². The second kappa shape index (κ2) is 8.75. The van der Waals surface area contributed by atoms with Crippen molar-refractivity contribution in [2.45, 2.75) is 0 Å². The SMILES string of the molecule is C#CCOc1c(Br)cc(/C=N\NC(=O)c2ccccc2)cc1OC. The zero-order chi connectivity index (χ0) is 17.4. The fraction of sp³-hybridized carbons (Fsp3) is 0.111. The molecular formula is C18H15BrN2O3. The van der Waals surface area contributed by atoms with Crippen molar-refractivity contribution in [3.8, 4) is 23.8 Å². The van der Waals surface area contributed by atoms with Gasteiger partial charge in [0, 0.05) is 5.56 Å². The molecule has 0 fully saturated rings. The molecule has 0 aromatic heterocycles. The third-order valence-corrected chi connectivity index (χ3v) is 3.56. The monoisotopic (exact) mass is 386 g/mol. The Bertz CT molecular complexity index is 783. The zero-order valence-corrected chi connectivity index (χ0v) is 14.5. The predicted octanol–water partition coefficient (Wildman–Crippen LogP) is 3.23. The number of nitrogens with one attached hydrogen (secondary N) is 1. The van der Waals surface area contributed by atoms with Gasteiger partial charge in [-0.25, -0.2) is 5.43 Å². The second-order valence-electron chi connectivity index (χ2n) is 4.59. The van der Waals surface area contributed by atoms with E-state index in [-0.39, 0.29) is 12.5 Å². The average Bonchev–Trinajstić information content (AvgIpc) is 2.61. The normalized spacial score (nSPS) is 10.2. The van der Waals surface area contributed by atoms with Crippen LogP contribution in [-0.2, 0) is 0 Å². The molecule has 0 aliphatic carbocycles. The molecule has 6 heteroatoms. The number of benzene rings is 2. The molecule has 2 rings (SSSR count). The third kappa shape index (κ3) is 4.61. The number of carbonyl (C=O) groups excluding carboxylic acids is 1. The van der Waals surface area contributed by atoms with E-state index in [4.69, 9.17) is 15.9 Å². The van der Waals surface area contributed by atoms with Crippen LogP contribution in [0, 0.1) is 12.3 Å². The Morgan fingerprint density at radius 1 is 1.38 bits per heavy atom. The Labute approximate surface area is 148 Å². The summed E-state index contributed by atoms with van der Waals surface area (Å²) < 4.78 is 11.4. The molecule has 5 nitrogen and oxygen atoms in total. The first-order valence-electron chi connectivity index (χ1n) is 6.98. The van der Waals surface area contributed by atoms with Crippen LogP contribution < -0.4 is 14.9 Å². The topological polar surface area (TPSA) is 59.9 Å². The first-order valence-corrected chi connectivity index (χ1v) is 7.77. The van der Waals surface area contributed by atoms with Crippen molar-refractivity contribution in [1.29, 1.82) is 0 Å². The Hall–Kier alpha value is -2.78. The maximum atomic E-state index is 11.9. The molecule has 0 aliphatic heterocycles. The minimum Gasteiger partial charge on any atom is -0.493 e. The fourth-order valence-electron chi connectivity index (χ4n) is 1.89. The Balaban J connectivity index is 2.11. The molecular weight excluding hydrogens is 372 g/mol. The van der Waals surface area contributed by atoms with E-state index in [1.807, 2.05) is 6.07 Å². The molecule has 0 spiro atoms. The molecule has 0 bridgehead atoms. The molecule has 0 atom stereocenters. The van der Waals surface area contributed by atoms with Gasteiger partial charge in [0.25, 0.3) is 5.91 Å². The lowest BCUT2D eigenvalue weighted by molar-refractivity contribution is 0.0955. The molecule has 2 aromatic carbocycles. The van der Waals surface area contributed by atoms with E-state index in [9.17, 15) is 4.79 Å². The zero-order valence-electron chi connectivity index (χ0n) is 13.0. The molecule has 2 aromatic rings. The lowest BCUT2D eigenvalue weighted by Gasteiger charge is -2.11. The van der Waals surface area contributed by atoms with Gasteiger partial charge in [-0.3, -0.25) is 4.79 Å². The number of methoxy groups -OCH3 is 1. The predicted molar refractivity (Wildman–Crippen MR) is 96.5 cm³/mol. The first-order chi connectivity index (χ1) is 11.7. The summed E-state index contributed by atoms with van der Waals surface area (Å²) in [7, 11) is 1.53. The highest BCUT2D eigenvalue weighted by Crippen LogP contribution is 2.36. The molecule has 0 saturated heterocycles. The summed E-state index contributed by atoms with van der Waals surface area (Å²) in [5, 5.41) is 3.95. The summed E-state index contributed by atoms with van der Waals surface area (Å²) in [5.74, 6) is 3.14. The number of ether oxygens (including phenoxy) is 2. The van der Waals surface area contributed by atoms with Gasteiger partial charge in [0.2, 0.25) is 0 Å². The van der Waals surface area contributed by atoms with Crippen LogP contribution in [0.2, 0.25) is 0 Å². The highest BCUT2D eigenvalue weighted by Gasteiger charge is 2.11. The lowest BCUT2D eigenvalue weighted by Crippen LogP contribution is -2.17. The molecule has 1 amide bonds. The van der Waals surface area contributed by atoms with Crippen LogP contribution >= 0.6 is 15.9 Å². The van der Waals surface area contributed by atoms with Crippen molar-refractivity contribution in [2.75, 3.05) is 13.7 Å². The summed E-state index contributed by atoms with van der Waals surface area (Å²) in [6.07, 6.45) is 6.71. The van der Waals surface area contributed by atoms with E-state index in [0.717, 1.165) is 5.56 Å². The Morgan fingerprint density at radius 3 is 2.79 bits per heavy atom. The summed E-state index contributed by atoms with van der Waals surface area (Å²) >= 11 is 3.40. The summed E-state index contributed by atoms with van der Waals surface area (Å²) in [6, 6.07) is 12.4. The van der Waals surface area contributed by atoms with Crippen molar-refractivity contribution < 1.29 is 14.3 Å². The number of terminal acetylenes is 1. The van der Waals surface area contributed by atoms with Crippen molar-refractivity contribution in [3.63, 3.8) is 0 Å². The van der Waals surface area contributed by atoms with Crippen molar-refractivity contribution >= 4 is 28.1 Å². The van der Waals surface area contributed by atoms with Crippen LogP contribution in [0.1, 0.15) is 15.9 Å². The van der Waals surface area contributed by atoms with Gasteiger partial charge in [-0.2, -0.15) is 5.10 Å². The number of nitrogens with zero attached hydrogens (tertiary/aromatic N) is 1. The fourth-order valence-corrected chi connectivity index (χ4v) is 2.46. The number of carbonyl (C=O) groups is 1. The number of halogens is 1. The Kier molecular flexibility index (Phi) is 6.41. The molecule has 0 radical (unpaired) electrons. The van der Waals surface area contributed by atoms with Crippen LogP contribution in [0.3, 0.4) is 0 Å². The van der Waals surface area contributed by atoms with Gasteiger partial charge < -0.3 is 9.47 Å². The number of amides is 1. The van der Waals surface area contributed by atoms with E-state index in [1.165, 1.54) is 13.3 Å². The molecule has 1 N–H and O–H groups in total. The molecule has 24 heavy (non-hydrogen) atoms. The third-order valence-electron chi connectivity index (χ3n) is 2.97. The average molecular weight is 387 g/mol. The van der Waals surface area contributed by atoms with Gasteiger partial charge in [0.05, 0.1) is 17.8 Å². The van der Waals surface area contributed by atoms with Gasteiger partial charge >= 0.3 is 0 Å². The van der Waals surface area contributed by atoms with Crippen LogP contribution in [-0.4, -0.2) is 25.8 Å². The molecule has 0 saturated carbocycles. The minimum absolute atomic E-state index is 0.134. The Morgan fingerprint density at radius 2 is 2.12 bits per heavy atom. The van der Waals surface area contributed by atoms with E-state index in [2.05, 4.69) is 32.4 Å². The van der Waals surface area contributed by atoms with Crippen molar-refractivity contribution in [2.24, 2.45) is 5.10 Å². The van der Waals surface area contributed by atoms with Crippen molar-refractivity contribution in [3.05, 3.63) is 58.1 Å². The standard InChI is InChI=1S/C18H15BrN2O3/c1-3-9-24-17-15(19)10-13(11-16(17)23-2)12-20-21-18(22)14-7-5-4-6-8-14/h1,4-8,10-12H,9H2,2H3,(H,21,22)/b20-12-. The van der Waals surface area contributed by atoms with Crippen LogP contribution in [0.15, 0.2) is 52.0 Å². The summed E-state index contributed by atoms with van der Waals surface area (Å²) in [4.78, 5) is 11.9. The number of hydrogen-bond acceptors (Lipinski definition) is 4. The lowest BCUT2D eigenvalue weighted by atomic mass is 10.2. The van der Waals surface area contributed by atoms with Gasteiger partial charge in [0.15, 0.2) is 11.5 Å². The summed E-state index contributed by atoms with van der Waals surface area (Å²) in [5.41, 5.74) is 3.73. The maximum absolute atomic E-state index is 11.9. The molecule has 0 aliphatic rings. The molecule has 0 unspecified atom stereocenters. The van der Waals surface area contributed by atoms with E-state index in [0.29, 0.717) is 21.5 Å². The quantitative estimate of drug-likeness (QED) is 0.470. The van der Waals surface area contributed by atoms with Gasteiger partial charge in [-0.15, -0.1) is 6.42 Å². The van der Waals surface area contributed by atoms with Gasteiger partial charge in [-0.1, -0.05) is 24.1 Å². The van der Waals surface area contributed by atoms with Crippen molar-refractivity contribution in [1.82, 2.24) is 5.43 Å². The maximum Gasteiger partial charge on any atom is 0.271 e. The van der Waals surface area contributed by atoms with E-state index >= 15 is 0 Å². The number of rotatable bonds is 6.